The van der Waals surface area contributed by atoms with E-state index in [2.05, 4.69) is 23.9 Å². The highest BCUT2D eigenvalue weighted by Gasteiger charge is 2.32. The molecule has 1 aromatic rings. The summed E-state index contributed by atoms with van der Waals surface area (Å²) in [6.45, 7) is 5.36. The summed E-state index contributed by atoms with van der Waals surface area (Å²) in [5, 5.41) is 3.56. The summed E-state index contributed by atoms with van der Waals surface area (Å²) in [6, 6.07) is 3.62. The molecular formula is C16H25NO3. The fraction of sp³-hybridized carbons (Fsp3) is 0.688. The van der Waals surface area contributed by atoms with Crippen LogP contribution in [0.1, 0.15) is 68.3 Å². The highest BCUT2D eigenvalue weighted by molar-refractivity contribution is 5.86. The number of ether oxygens (including phenoxy) is 1. The number of hydrogen-bond donors (Lipinski definition) is 1. The Morgan fingerprint density at radius 3 is 2.75 bits per heavy atom. The second kappa shape index (κ2) is 6.44. The van der Waals surface area contributed by atoms with Crippen molar-refractivity contribution < 1.29 is 13.9 Å². The van der Waals surface area contributed by atoms with Crippen molar-refractivity contribution in [2.45, 2.75) is 52.0 Å². The number of carbonyl (C=O) groups is 1. The van der Waals surface area contributed by atoms with Crippen LogP contribution in [0.25, 0.3) is 0 Å². The Morgan fingerprint density at radius 2 is 2.15 bits per heavy atom. The Bertz CT molecular complexity index is 446. The number of carbonyl (C=O) groups excluding carboxylic acids is 1. The van der Waals surface area contributed by atoms with E-state index in [0.717, 1.165) is 12.3 Å². The summed E-state index contributed by atoms with van der Waals surface area (Å²) in [7, 11) is 1.36. The first kappa shape index (κ1) is 15.1. The molecule has 1 N–H and O–H groups in total. The highest BCUT2D eigenvalue weighted by Crippen LogP contribution is 2.40. The molecule has 0 spiro atoms. The van der Waals surface area contributed by atoms with E-state index >= 15 is 0 Å². The third kappa shape index (κ3) is 3.23. The average Bonchev–Trinajstić information content (AvgIpc) is 3.13. The fourth-order valence-electron chi connectivity index (χ4n) is 3.05. The molecule has 1 fully saturated rings. The maximum Gasteiger partial charge on any atom is 0.373 e. The van der Waals surface area contributed by atoms with Crippen molar-refractivity contribution in [3.63, 3.8) is 0 Å². The summed E-state index contributed by atoms with van der Waals surface area (Å²) in [5.41, 5.74) is 0.450. The SMILES string of the molecule is CCC1(CNC(C)c2ccc(C(=O)OC)o2)CCCC1. The van der Waals surface area contributed by atoms with E-state index in [0.29, 0.717) is 5.41 Å². The summed E-state index contributed by atoms with van der Waals surface area (Å²) >= 11 is 0. The maximum absolute atomic E-state index is 11.4. The maximum atomic E-state index is 11.4. The molecule has 1 unspecified atom stereocenters. The van der Waals surface area contributed by atoms with Crippen molar-refractivity contribution in [3.05, 3.63) is 23.7 Å². The molecule has 4 nitrogen and oxygen atoms in total. The number of methoxy groups -OCH3 is 1. The minimum Gasteiger partial charge on any atom is -0.463 e. The molecular weight excluding hydrogens is 254 g/mol. The smallest absolute Gasteiger partial charge is 0.373 e. The molecule has 20 heavy (non-hydrogen) atoms. The van der Waals surface area contributed by atoms with Crippen LogP contribution in [-0.4, -0.2) is 19.6 Å². The Balaban J connectivity index is 1.93. The molecule has 2 rings (SSSR count). The second-order valence-corrected chi connectivity index (χ2v) is 5.86. The first-order chi connectivity index (χ1) is 9.60. The predicted molar refractivity (Wildman–Crippen MR) is 77.7 cm³/mol. The fourth-order valence-corrected chi connectivity index (χ4v) is 3.05. The third-order valence-corrected chi connectivity index (χ3v) is 4.64. The third-order valence-electron chi connectivity index (χ3n) is 4.64. The van der Waals surface area contributed by atoms with E-state index in [-0.39, 0.29) is 11.8 Å². The molecule has 0 aliphatic heterocycles. The van der Waals surface area contributed by atoms with Crippen molar-refractivity contribution in [2.24, 2.45) is 5.41 Å². The standard InChI is InChI=1S/C16H25NO3/c1-4-16(9-5-6-10-16)11-17-12(2)13-7-8-14(20-13)15(18)19-3/h7-8,12,17H,4-6,9-11H2,1-3H3. The van der Waals surface area contributed by atoms with Gasteiger partial charge in [0.1, 0.15) is 5.76 Å². The van der Waals surface area contributed by atoms with Crippen molar-refractivity contribution in [1.82, 2.24) is 5.32 Å². The Labute approximate surface area is 120 Å². The molecule has 1 aliphatic carbocycles. The molecule has 0 bridgehead atoms. The normalized spacial score (nSPS) is 18.9. The molecule has 0 saturated heterocycles. The van der Waals surface area contributed by atoms with E-state index in [1.807, 2.05) is 6.07 Å². The Morgan fingerprint density at radius 1 is 1.45 bits per heavy atom. The Kier molecular flexibility index (Phi) is 4.86. The zero-order chi connectivity index (χ0) is 14.6. The first-order valence-corrected chi connectivity index (χ1v) is 7.52. The van der Waals surface area contributed by atoms with Crippen LogP contribution in [0.15, 0.2) is 16.5 Å². The number of hydrogen-bond acceptors (Lipinski definition) is 4. The monoisotopic (exact) mass is 279 g/mol. The summed E-state index contributed by atoms with van der Waals surface area (Å²) in [6.07, 6.45) is 6.54. The van der Waals surface area contributed by atoms with Gasteiger partial charge in [-0.15, -0.1) is 0 Å². The number of furan rings is 1. The molecule has 0 radical (unpaired) electrons. The zero-order valence-electron chi connectivity index (χ0n) is 12.7. The zero-order valence-corrected chi connectivity index (χ0v) is 12.7. The minimum atomic E-state index is -0.427. The van der Waals surface area contributed by atoms with Gasteiger partial charge < -0.3 is 14.5 Å². The van der Waals surface area contributed by atoms with Crippen LogP contribution in [0, 0.1) is 5.41 Å². The number of rotatable bonds is 6. The van der Waals surface area contributed by atoms with Crippen molar-refractivity contribution in [1.29, 1.82) is 0 Å². The molecule has 4 heteroatoms. The summed E-state index contributed by atoms with van der Waals surface area (Å²) in [5.74, 6) is 0.626. The van der Waals surface area contributed by atoms with Crippen LogP contribution in [0.4, 0.5) is 0 Å². The van der Waals surface area contributed by atoms with Crippen molar-refractivity contribution in [2.75, 3.05) is 13.7 Å². The van der Waals surface area contributed by atoms with Gasteiger partial charge in [-0.1, -0.05) is 19.8 Å². The highest BCUT2D eigenvalue weighted by atomic mass is 16.5. The number of nitrogens with one attached hydrogen (secondary N) is 1. The Hall–Kier alpha value is -1.29. The average molecular weight is 279 g/mol. The van der Waals surface area contributed by atoms with Crippen LogP contribution < -0.4 is 5.32 Å². The van der Waals surface area contributed by atoms with Crippen molar-refractivity contribution in [3.8, 4) is 0 Å². The first-order valence-electron chi connectivity index (χ1n) is 7.52. The molecule has 1 atom stereocenters. The molecule has 0 aromatic carbocycles. The quantitative estimate of drug-likeness (QED) is 0.807. The molecule has 1 heterocycles. The van der Waals surface area contributed by atoms with Crippen LogP contribution in [0.2, 0.25) is 0 Å². The van der Waals surface area contributed by atoms with Gasteiger partial charge in [-0.3, -0.25) is 0 Å². The van der Waals surface area contributed by atoms with Gasteiger partial charge in [-0.2, -0.15) is 0 Å². The lowest BCUT2D eigenvalue weighted by Gasteiger charge is -2.29. The molecule has 1 saturated carbocycles. The van der Waals surface area contributed by atoms with E-state index in [9.17, 15) is 4.79 Å². The largest absolute Gasteiger partial charge is 0.463 e. The lowest BCUT2D eigenvalue weighted by Crippen LogP contribution is -2.33. The van der Waals surface area contributed by atoms with Gasteiger partial charge in [0, 0.05) is 6.54 Å². The van der Waals surface area contributed by atoms with Gasteiger partial charge >= 0.3 is 5.97 Å². The lowest BCUT2D eigenvalue weighted by atomic mass is 9.83. The van der Waals surface area contributed by atoms with E-state index < -0.39 is 5.97 Å². The summed E-state index contributed by atoms with van der Waals surface area (Å²) in [4.78, 5) is 11.4. The molecule has 0 amide bonds. The van der Waals surface area contributed by atoms with E-state index in [1.165, 1.54) is 39.2 Å². The van der Waals surface area contributed by atoms with Gasteiger partial charge in [-0.05, 0) is 43.7 Å². The summed E-state index contributed by atoms with van der Waals surface area (Å²) < 4.78 is 10.2. The van der Waals surface area contributed by atoms with Gasteiger partial charge in [0.25, 0.3) is 0 Å². The minimum absolute atomic E-state index is 0.109. The van der Waals surface area contributed by atoms with Crippen LogP contribution >= 0.6 is 0 Å². The molecule has 1 aliphatic rings. The second-order valence-electron chi connectivity index (χ2n) is 5.86. The van der Waals surface area contributed by atoms with Crippen LogP contribution in [-0.2, 0) is 4.74 Å². The van der Waals surface area contributed by atoms with Gasteiger partial charge in [-0.25, -0.2) is 4.79 Å². The predicted octanol–water partition coefficient (Wildman–Crippen LogP) is 3.69. The van der Waals surface area contributed by atoms with Crippen LogP contribution in [0.3, 0.4) is 0 Å². The van der Waals surface area contributed by atoms with Crippen molar-refractivity contribution >= 4 is 5.97 Å². The number of esters is 1. The van der Waals surface area contributed by atoms with E-state index in [4.69, 9.17) is 4.42 Å². The van der Waals surface area contributed by atoms with Gasteiger partial charge in [0.15, 0.2) is 0 Å². The molecule has 1 aromatic heterocycles. The topological polar surface area (TPSA) is 51.5 Å². The van der Waals surface area contributed by atoms with Gasteiger partial charge in [0.05, 0.1) is 13.2 Å². The van der Waals surface area contributed by atoms with Crippen LogP contribution in [0.5, 0.6) is 0 Å². The lowest BCUT2D eigenvalue weighted by molar-refractivity contribution is 0.0562. The van der Waals surface area contributed by atoms with E-state index in [1.54, 1.807) is 6.07 Å². The molecule has 112 valence electrons. The van der Waals surface area contributed by atoms with Gasteiger partial charge in [0.2, 0.25) is 5.76 Å².